The number of aromatic nitrogens is 2. The molecule has 1 amide bonds. The minimum absolute atomic E-state index is 0.0803. The van der Waals surface area contributed by atoms with E-state index in [0.717, 1.165) is 41.8 Å². The van der Waals surface area contributed by atoms with Gasteiger partial charge in [-0.3, -0.25) is 4.79 Å². The molecule has 0 aliphatic carbocycles. The summed E-state index contributed by atoms with van der Waals surface area (Å²) >= 11 is 3.11. The van der Waals surface area contributed by atoms with Gasteiger partial charge in [-0.25, -0.2) is 14.8 Å². The number of alkyl halides is 3. The summed E-state index contributed by atoms with van der Waals surface area (Å²) in [6.45, 7) is 5.98. The van der Waals surface area contributed by atoms with E-state index in [1.165, 1.54) is 11.3 Å². The number of carbonyl (C=O) groups excluding carboxylic acids is 1. The lowest BCUT2D eigenvalue weighted by molar-refractivity contribution is -0.192. The number of halogens is 3. The molecule has 0 saturated carbocycles. The summed E-state index contributed by atoms with van der Waals surface area (Å²) in [5.41, 5.74) is 0. The van der Waals surface area contributed by atoms with Crippen molar-refractivity contribution in [3.05, 3.63) is 24.0 Å². The molecule has 3 N–H and O–H groups in total. The molecule has 0 spiro atoms. The van der Waals surface area contributed by atoms with E-state index in [0.29, 0.717) is 16.8 Å². The third-order valence-corrected chi connectivity index (χ3v) is 6.24. The Morgan fingerprint density at radius 2 is 1.97 bits per heavy atom. The second-order valence-electron chi connectivity index (χ2n) is 6.90. The Labute approximate surface area is 185 Å². The van der Waals surface area contributed by atoms with Crippen LogP contribution in [0.1, 0.15) is 44.3 Å². The molecule has 1 fully saturated rings. The van der Waals surface area contributed by atoms with Crippen molar-refractivity contribution in [1.29, 1.82) is 0 Å². The van der Waals surface area contributed by atoms with Crippen molar-refractivity contribution < 1.29 is 32.3 Å². The first-order valence-corrected chi connectivity index (χ1v) is 11.2. The summed E-state index contributed by atoms with van der Waals surface area (Å²) in [4.78, 5) is 29.7. The van der Waals surface area contributed by atoms with Gasteiger partial charge >= 0.3 is 12.1 Å². The first-order valence-electron chi connectivity index (χ1n) is 9.41. The quantitative estimate of drug-likeness (QED) is 0.529. The Hall–Kier alpha value is -2.12. The lowest BCUT2D eigenvalue weighted by Crippen LogP contribution is -2.34. The largest absolute Gasteiger partial charge is 0.490 e. The number of thioether (sulfide) groups is 1. The molecular formula is C18H23F3N4O4S2. The molecular weight excluding hydrogens is 457 g/mol. The first-order chi connectivity index (χ1) is 14.6. The number of carboxylic acid groups (broad SMARTS) is 1. The van der Waals surface area contributed by atoms with Gasteiger partial charge in [-0.05, 0) is 25.9 Å². The number of hydrogen-bond donors (Lipinski definition) is 3. The number of nitrogens with one attached hydrogen (secondary N) is 2. The second kappa shape index (κ2) is 11.5. The standard InChI is InChI=1S/C16H22N4O2S2.C2HF3O2/c1-10(2)12-7-18-13(22-12)9-23-14-8-19-16(24-14)20-15(21)11-3-5-17-6-4-11;3-2(4,5)1(6)7/h7-8,10-11,17H,3-6,9H2,1-2H3,(H,19,20,21);(H,6,7). The van der Waals surface area contributed by atoms with Crippen LogP contribution in [-0.2, 0) is 15.3 Å². The maximum atomic E-state index is 12.2. The fraction of sp³-hybridized carbons (Fsp3) is 0.556. The van der Waals surface area contributed by atoms with Crippen LogP contribution in [0.3, 0.4) is 0 Å². The van der Waals surface area contributed by atoms with Crippen LogP contribution in [0, 0.1) is 5.92 Å². The van der Waals surface area contributed by atoms with E-state index in [9.17, 15) is 18.0 Å². The van der Waals surface area contributed by atoms with E-state index in [4.69, 9.17) is 14.3 Å². The monoisotopic (exact) mass is 480 g/mol. The Morgan fingerprint density at radius 3 is 2.52 bits per heavy atom. The number of anilines is 1. The molecule has 1 aliphatic heterocycles. The fourth-order valence-electron chi connectivity index (χ4n) is 2.47. The molecule has 8 nitrogen and oxygen atoms in total. The summed E-state index contributed by atoms with van der Waals surface area (Å²) in [7, 11) is 0. The number of aliphatic carboxylic acids is 1. The highest BCUT2D eigenvalue weighted by Gasteiger charge is 2.38. The molecule has 172 valence electrons. The molecule has 0 unspecified atom stereocenters. The van der Waals surface area contributed by atoms with Crippen molar-refractivity contribution in [3.8, 4) is 0 Å². The van der Waals surface area contributed by atoms with Crippen LogP contribution < -0.4 is 10.6 Å². The van der Waals surface area contributed by atoms with E-state index in [2.05, 4.69) is 34.4 Å². The van der Waals surface area contributed by atoms with Crippen molar-refractivity contribution in [1.82, 2.24) is 15.3 Å². The number of nitrogens with zero attached hydrogens (tertiary/aromatic N) is 2. The molecule has 0 aromatic carbocycles. The number of carboxylic acids is 1. The molecule has 2 aromatic rings. The van der Waals surface area contributed by atoms with Gasteiger partial charge in [-0.1, -0.05) is 25.2 Å². The Kier molecular flexibility index (Phi) is 9.32. The lowest BCUT2D eigenvalue weighted by Gasteiger charge is -2.20. The second-order valence-corrected chi connectivity index (χ2v) is 9.21. The molecule has 1 saturated heterocycles. The van der Waals surface area contributed by atoms with Gasteiger partial charge in [0.25, 0.3) is 0 Å². The number of oxazole rings is 1. The van der Waals surface area contributed by atoms with Gasteiger partial charge in [-0.15, -0.1) is 11.8 Å². The van der Waals surface area contributed by atoms with Crippen molar-refractivity contribution in [2.45, 2.75) is 48.7 Å². The highest BCUT2D eigenvalue weighted by Crippen LogP contribution is 2.31. The van der Waals surface area contributed by atoms with E-state index in [1.54, 1.807) is 24.2 Å². The number of hydrogen-bond acceptors (Lipinski definition) is 8. The summed E-state index contributed by atoms with van der Waals surface area (Å²) in [5, 5.41) is 14.0. The van der Waals surface area contributed by atoms with Crippen LogP contribution in [0.2, 0.25) is 0 Å². The maximum Gasteiger partial charge on any atom is 0.490 e. The number of carbonyl (C=O) groups is 2. The summed E-state index contributed by atoms with van der Waals surface area (Å²) in [5.74, 6) is 0.0484. The number of thiazole rings is 1. The van der Waals surface area contributed by atoms with E-state index < -0.39 is 12.1 Å². The van der Waals surface area contributed by atoms with Crippen LogP contribution in [0.25, 0.3) is 0 Å². The molecule has 3 rings (SSSR count). The predicted molar refractivity (Wildman–Crippen MR) is 110 cm³/mol. The molecule has 13 heteroatoms. The smallest absolute Gasteiger partial charge is 0.475 e. The molecule has 0 atom stereocenters. The van der Waals surface area contributed by atoms with Gasteiger partial charge < -0.3 is 20.2 Å². The Balaban J connectivity index is 0.000000423. The molecule has 0 radical (unpaired) electrons. The van der Waals surface area contributed by atoms with E-state index >= 15 is 0 Å². The van der Waals surface area contributed by atoms with Gasteiger partial charge in [-0.2, -0.15) is 13.2 Å². The van der Waals surface area contributed by atoms with Gasteiger partial charge in [0.15, 0.2) is 5.13 Å². The molecule has 31 heavy (non-hydrogen) atoms. The van der Waals surface area contributed by atoms with Crippen LogP contribution in [0.5, 0.6) is 0 Å². The predicted octanol–water partition coefficient (Wildman–Crippen LogP) is 4.12. The molecule has 0 bridgehead atoms. The average molecular weight is 481 g/mol. The number of amides is 1. The topological polar surface area (TPSA) is 117 Å². The SMILES string of the molecule is CC(C)c1cnc(CSc2cnc(NC(=O)C3CCNCC3)s2)o1.O=C(O)C(F)(F)F. The highest BCUT2D eigenvalue weighted by atomic mass is 32.2. The third-order valence-electron chi connectivity index (χ3n) is 4.15. The minimum atomic E-state index is -5.08. The van der Waals surface area contributed by atoms with Crippen LogP contribution >= 0.6 is 23.1 Å². The van der Waals surface area contributed by atoms with Crippen LogP contribution in [0.4, 0.5) is 18.3 Å². The summed E-state index contributed by atoms with van der Waals surface area (Å²) in [6, 6.07) is 0. The first kappa shape index (κ1) is 25.1. The van der Waals surface area contributed by atoms with Crippen molar-refractivity contribution in [3.63, 3.8) is 0 Å². The minimum Gasteiger partial charge on any atom is -0.475 e. The van der Waals surface area contributed by atoms with Crippen LogP contribution in [0.15, 0.2) is 21.0 Å². The zero-order chi connectivity index (χ0) is 23.0. The summed E-state index contributed by atoms with van der Waals surface area (Å²) in [6.07, 6.45) is 0.278. The van der Waals surface area contributed by atoms with Gasteiger partial charge in [0.05, 0.1) is 22.4 Å². The highest BCUT2D eigenvalue weighted by molar-refractivity contribution is 8.00. The van der Waals surface area contributed by atoms with Crippen molar-refractivity contribution in [2.24, 2.45) is 5.92 Å². The molecule has 1 aliphatic rings. The Morgan fingerprint density at radius 1 is 1.32 bits per heavy atom. The van der Waals surface area contributed by atoms with Crippen molar-refractivity contribution in [2.75, 3.05) is 18.4 Å². The van der Waals surface area contributed by atoms with Gasteiger partial charge in [0.1, 0.15) is 5.76 Å². The van der Waals surface area contributed by atoms with Crippen molar-refractivity contribution >= 4 is 40.1 Å². The van der Waals surface area contributed by atoms with Gasteiger partial charge in [0, 0.05) is 11.8 Å². The number of rotatable bonds is 6. The normalized spacial score (nSPS) is 14.8. The average Bonchev–Trinajstić information content (AvgIpc) is 3.36. The fourth-order valence-corrected chi connectivity index (χ4v) is 4.20. The Bertz CT molecular complexity index is 864. The van der Waals surface area contributed by atoms with Gasteiger partial charge in [0.2, 0.25) is 11.8 Å². The zero-order valence-corrected chi connectivity index (χ0v) is 18.5. The molecule has 2 aromatic heterocycles. The van der Waals surface area contributed by atoms with E-state index in [-0.39, 0.29) is 11.8 Å². The van der Waals surface area contributed by atoms with Crippen LogP contribution in [-0.4, -0.2) is 46.2 Å². The lowest BCUT2D eigenvalue weighted by atomic mass is 9.97. The molecule has 3 heterocycles. The number of piperidine rings is 1. The third kappa shape index (κ3) is 8.50. The summed E-state index contributed by atoms with van der Waals surface area (Å²) < 4.78 is 38.5. The zero-order valence-electron chi connectivity index (χ0n) is 16.9. The maximum absolute atomic E-state index is 12.2. The van der Waals surface area contributed by atoms with E-state index in [1.807, 2.05) is 0 Å².